The van der Waals surface area contributed by atoms with E-state index in [1.807, 2.05) is 12.3 Å². The molecular weight excluding hydrogens is 366 g/mol. The molecule has 150 valence electrons. The van der Waals surface area contributed by atoms with Gasteiger partial charge in [-0.25, -0.2) is 0 Å². The number of amidine groups is 1. The molecule has 2 rings (SSSR count). The molecule has 0 aromatic carbocycles. The molecule has 0 aliphatic carbocycles. The van der Waals surface area contributed by atoms with Crippen LogP contribution < -0.4 is 5.73 Å². The maximum Gasteiger partial charge on any atom is 0.132 e. The van der Waals surface area contributed by atoms with Gasteiger partial charge in [0.1, 0.15) is 5.78 Å². The van der Waals surface area contributed by atoms with Gasteiger partial charge in [-0.3, -0.25) is 14.8 Å². The van der Waals surface area contributed by atoms with Crippen LogP contribution in [0.4, 0.5) is 0 Å². The number of ketones is 1. The minimum absolute atomic E-state index is 0.0967. The van der Waals surface area contributed by atoms with E-state index < -0.39 is 0 Å². The van der Waals surface area contributed by atoms with Crippen molar-refractivity contribution in [3.8, 4) is 23.0 Å². The summed E-state index contributed by atoms with van der Waals surface area (Å²) >= 11 is 1.64. The van der Waals surface area contributed by atoms with Gasteiger partial charge in [-0.15, -0.1) is 17.3 Å². The van der Waals surface area contributed by atoms with Gasteiger partial charge in [0.25, 0.3) is 0 Å². The molecule has 4 nitrogen and oxygen atoms in total. The summed E-state index contributed by atoms with van der Waals surface area (Å²) in [4.78, 5) is 22.5. The third-order valence-electron chi connectivity index (χ3n) is 3.92. The van der Waals surface area contributed by atoms with E-state index in [0.717, 1.165) is 26.4 Å². The molecule has 1 unspecified atom stereocenters. The second-order valence-electron chi connectivity index (χ2n) is 6.65. The van der Waals surface area contributed by atoms with Crippen molar-refractivity contribution in [2.24, 2.45) is 10.7 Å². The monoisotopic (exact) mass is 397 g/mol. The van der Waals surface area contributed by atoms with Crippen molar-refractivity contribution in [2.45, 2.75) is 66.8 Å². The average Bonchev–Trinajstić information content (AvgIpc) is 3.03. The molecular formula is C23H31N3OS. The van der Waals surface area contributed by atoms with Crippen LogP contribution in [-0.4, -0.2) is 16.6 Å². The van der Waals surface area contributed by atoms with Crippen LogP contribution in [0.2, 0.25) is 0 Å². The Morgan fingerprint density at radius 1 is 1.25 bits per heavy atom. The standard InChI is InChI=1S/C19H21N3OS.C4H10/c1-5-6-15-8-16(11-21-10-15)17-9-19(24-13(17)3)18(7-12(2)23)22-14(4)20;1-3-4-2/h8-11,18H,7H2,1-4H3,(H2,20,22);3-4H2,1-2H3. The summed E-state index contributed by atoms with van der Waals surface area (Å²) < 4.78 is 0. The number of nitrogens with zero attached hydrogens (tertiary/aromatic N) is 2. The SMILES string of the molecule is CC#Cc1cncc(-c2cc(C(CC(C)=O)N=C(C)N)sc2C)c1.CCCC. The Morgan fingerprint density at radius 2 is 1.93 bits per heavy atom. The molecule has 0 amide bonds. The molecule has 0 aliphatic heterocycles. The van der Waals surface area contributed by atoms with Crippen LogP contribution in [0.25, 0.3) is 11.1 Å². The highest BCUT2D eigenvalue weighted by Gasteiger charge is 2.18. The number of hydrogen-bond acceptors (Lipinski definition) is 4. The van der Waals surface area contributed by atoms with Crippen LogP contribution in [0.1, 0.15) is 75.2 Å². The first-order valence-electron chi connectivity index (χ1n) is 9.60. The number of rotatable bonds is 6. The van der Waals surface area contributed by atoms with Gasteiger partial charge in [0.15, 0.2) is 0 Å². The Bertz CT molecular complexity index is 865. The third kappa shape index (κ3) is 7.66. The molecule has 0 fully saturated rings. The summed E-state index contributed by atoms with van der Waals surface area (Å²) in [5.41, 5.74) is 8.74. The van der Waals surface area contributed by atoms with E-state index in [1.165, 1.54) is 12.8 Å². The van der Waals surface area contributed by atoms with Crippen molar-refractivity contribution in [1.82, 2.24) is 4.98 Å². The van der Waals surface area contributed by atoms with Crippen LogP contribution >= 0.6 is 11.3 Å². The Morgan fingerprint density at radius 3 is 2.46 bits per heavy atom. The first-order valence-corrected chi connectivity index (χ1v) is 10.4. The number of carbonyl (C=O) groups excluding carboxylic acids is 1. The Labute approximate surface area is 173 Å². The Hall–Kier alpha value is -2.45. The zero-order valence-corrected chi connectivity index (χ0v) is 18.6. The van der Waals surface area contributed by atoms with E-state index in [2.05, 4.69) is 48.7 Å². The van der Waals surface area contributed by atoms with Crippen molar-refractivity contribution >= 4 is 23.0 Å². The van der Waals surface area contributed by atoms with Gasteiger partial charge in [-0.1, -0.05) is 32.6 Å². The number of aryl methyl sites for hydroxylation is 1. The fourth-order valence-electron chi connectivity index (χ4n) is 2.48. The highest BCUT2D eigenvalue weighted by Crippen LogP contribution is 2.36. The number of thiophene rings is 1. The Kier molecular flexibility index (Phi) is 10.2. The predicted molar refractivity (Wildman–Crippen MR) is 121 cm³/mol. The van der Waals surface area contributed by atoms with Gasteiger partial charge in [-0.05, 0) is 45.4 Å². The van der Waals surface area contributed by atoms with Gasteiger partial charge < -0.3 is 5.73 Å². The van der Waals surface area contributed by atoms with Crippen LogP contribution in [0.3, 0.4) is 0 Å². The average molecular weight is 398 g/mol. The number of aliphatic imine (C=N–C) groups is 1. The van der Waals surface area contributed by atoms with Gasteiger partial charge >= 0.3 is 0 Å². The summed E-state index contributed by atoms with van der Waals surface area (Å²) in [6.45, 7) is 11.5. The van der Waals surface area contributed by atoms with Crippen molar-refractivity contribution in [3.63, 3.8) is 0 Å². The van der Waals surface area contributed by atoms with Crippen LogP contribution in [0.15, 0.2) is 29.5 Å². The summed E-state index contributed by atoms with van der Waals surface area (Å²) in [7, 11) is 0. The van der Waals surface area contributed by atoms with E-state index in [0.29, 0.717) is 12.3 Å². The smallest absolute Gasteiger partial charge is 0.132 e. The summed E-state index contributed by atoms with van der Waals surface area (Å²) in [5, 5.41) is 0. The van der Waals surface area contributed by atoms with Crippen molar-refractivity contribution in [3.05, 3.63) is 39.8 Å². The molecule has 2 N–H and O–H groups in total. The fraction of sp³-hybridized carbons (Fsp3) is 0.435. The number of nitrogens with two attached hydrogens (primary N) is 1. The Balaban J connectivity index is 0.000000892. The molecule has 0 radical (unpaired) electrons. The maximum atomic E-state index is 11.6. The molecule has 28 heavy (non-hydrogen) atoms. The zero-order chi connectivity index (χ0) is 21.1. The minimum Gasteiger partial charge on any atom is -0.388 e. The summed E-state index contributed by atoms with van der Waals surface area (Å²) in [6.07, 6.45) is 6.58. The van der Waals surface area contributed by atoms with Crippen LogP contribution in [0, 0.1) is 18.8 Å². The van der Waals surface area contributed by atoms with Crippen molar-refractivity contribution in [2.75, 3.05) is 0 Å². The predicted octanol–water partition coefficient (Wildman–Crippen LogP) is 5.69. The van der Waals surface area contributed by atoms with E-state index in [4.69, 9.17) is 5.73 Å². The molecule has 0 saturated heterocycles. The molecule has 1 atom stereocenters. The lowest BCUT2D eigenvalue weighted by molar-refractivity contribution is -0.117. The molecule has 0 spiro atoms. The van der Waals surface area contributed by atoms with Gasteiger partial charge in [0.2, 0.25) is 0 Å². The van der Waals surface area contributed by atoms with Crippen molar-refractivity contribution in [1.29, 1.82) is 0 Å². The molecule has 0 bridgehead atoms. The normalized spacial score (nSPS) is 11.7. The number of aromatic nitrogens is 1. The first-order chi connectivity index (χ1) is 13.3. The third-order valence-corrected chi connectivity index (χ3v) is 5.08. The quantitative estimate of drug-likeness (QED) is 0.386. The molecule has 0 aliphatic rings. The van der Waals surface area contributed by atoms with Crippen LogP contribution in [-0.2, 0) is 4.79 Å². The van der Waals surface area contributed by atoms with Gasteiger partial charge in [0.05, 0.1) is 11.9 Å². The number of carbonyl (C=O) groups is 1. The molecule has 5 heteroatoms. The van der Waals surface area contributed by atoms with Crippen molar-refractivity contribution < 1.29 is 4.79 Å². The van der Waals surface area contributed by atoms with E-state index in [-0.39, 0.29) is 11.8 Å². The lowest BCUT2D eigenvalue weighted by Crippen LogP contribution is -2.10. The summed E-state index contributed by atoms with van der Waals surface area (Å²) in [6, 6.07) is 3.89. The van der Waals surface area contributed by atoms with Gasteiger partial charge in [-0.2, -0.15) is 0 Å². The first kappa shape index (κ1) is 23.6. The second-order valence-corrected chi connectivity index (χ2v) is 7.94. The fourth-order valence-corrected chi connectivity index (χ4v) is 3.57. The number of unbranched alkanes of at least 4 members (excludes halogenated alkanes) is 1. The zero-order valence-electron chi connectivity index (χ0n) is 17.8. The van der Waals surface area contributed by atoms with Crippen LogP contribution in [0.5, 0.6) is 0 Å². The topological polar surface area (TPSA) is 68.3 Å². The largest absolute Gasteiger partial charge is 0.388 e. The van der Waals surface area contributed by atoms with Gasteiger partial charge in [0, 0.05) is 39.7 Å². The molecule has 0 saturated carbocycles. The highest BCUT2D eigenvalue weighted by molar-refractivity contribution is 7.12. The lowest BCUT2D eigenvalue weighted by atomic mass is 10.0. The van der Waals surface area contributed by atoms with E-state index in [9.17, 15) is 4.79 Å². The maximum absolute atomic E-state index is 11.6. The molecule has 2 aromatic heterocycles. The van der Waals surface area contributed by atoms with E-state index in [1.54, 1.807) is 38.3 Å². The molecule has 2 aromatic rings. The number of hydrogen-bond donors (Lipinski definition) is 1. The minimum atomic E-state index is -0.225. The highest BCUT2D eigenvalue weighted by atomic mass is 32.1. The lowest BCUT2D eigenvalue weighted by Gasteiger charge is -2.09. The second kappa shape index (κ2) is 12.1. The molecule has 2 heterocycles. The summed E-state index contributed by atoms with van der Waals surface area (Å²) in [5.74, 6) is 6.49. The number of pyridine rings is 1. The van der Waals surface area contributed by atoms with E-state index >= 15 is 0 Å². The number of Topliss-reactive ketones (excluding diaryl/α,β-unsaturated/α-hetero) is 1.